The van der Waals surface area contributed by atoms with E-state index in [1.807, 2.05) is 30.3 Å². The minimum Gasteiger partial charge on any atom is -0.472 e. The highest BCUT2D eigenvalue weighted by Crippen LogP contribution is 2.40. The van der Waals surface area contributed by atoms with Gasteiger partial charge < -0.3 is 9.73 Å². The summed E-state index contributed by atoms with van der Waals surface area (Å²) in [5.74, 6) is 1.77. The first-order valence-electron chi connectivity index (χ1n) is 7.57. The first kappa shape index (κ1) is 16.2. The standard InChI is InChI=1S/C18H18ClNO2S/c1-2-23-11-20-16-9-15(13-6-7-22-10-13)18(21)17(16)12-4-3-5-14(19)8-12/h3-8,10,15,20H,2,9,11H2,1H3. The molecule has 0 aliphatic heterocycles. The molecule has 0 fully saturated rings. The first-order chi connectivity index (χ1) is 11.2. The van der Waals surface area contributed by atoms with Crippen molar-refractivity contribution in [3.8, 4) is 0 Å². The van der Waals surface area contributed by atoms with Crippen molar-refractivity contribution in [2.24, 2.45) is 0 Å². The second-order valence-corrected chi connectivity index (χ2v) is 7.07. The molecule has 0 amide bonds. The molecule has 1 N–H and O–H groups in total. The van der Waals surface area contributed by atoms with Gasteiger partial charge in [0, 0.05) is 28.3 Å². The Morgan fingerprint density at radius 1 is 1.39 bits per heavy atom. The van der Waals surface area contributed by atoms with Crippen LogP contribution in [-0.4, -0.2) is 17.4 Å². The van der Waals surface area contributed by atoms with Gasteiger partial charge in [-0.15, -0.1) is 11.8 Å². The number of nitrogens with one attached hydrogen (secondary N) is 1. The third-order valence-corrected chi connectivity index (χ3v) is 4.92. The summed E-state index contributed by atoms with van der Waals surface area (Å²) >= 11 is 7.90. The molecule has 0 saturated carbocycles. The molecule has 1 unspecified atom stereocenters. The highest BCUT2D eigenvalue weighted by molar-refractivity contribution is 7.99. The van der Waals surface area contributed by atoms with Crippen molar-refractivity contribution in [3.05, 3.63) is 64.7 Å². The molecule has 1 aliphatic carbocycles. The molecule has 0 spiro atoms. The molecule has 1 aromatic carbocycles. The van der Waals surface area contributed by atoms with E-state index in [1.165, 1.54) is 0 Å². The molecule has 1 aromatic heterocycles. The van der Waals surface area contributed by atoms with E-state index in [2.05, 4.69) is 12.2 Å². The Bertz CT molecular complexity index is 724. The Morgan fingerprint density at radius 3 is 2.96 bits per heavy atom. The van der Waals surface area contributed by atoms with E-state index in [0.717, 1.165) is 34.0 Å². The summed E-state index contributed by atoms with van der Waals surface area (Å²) in [5, 5.41) is 4.06. The molecule has 23 heavy (non-hydrogen) atoms. The van der Waals surface area contributed by atoms with Gasteiger partial charge in [-0.2, -0.15) is 0 Å². The van der Waals surface area contributed by atoms with Gasteiger partial charge in [0.1, 0.15) is 0 Å². The molecule has 1 atom stereocenters. The predicted molar refractivity (Wildman–Crippen MR) is 95.6 cm³/mol. The van der Waals surface area contributed by atoms with Gasteiger partial charge in [0.25, 0.3) is 0 Å². The van der Waals surface area contributed by atoms with Crippen molar-refractivity contribution in [1.82, 2.24) is 5.32 Å². The van der Waals surface area contributed by atoms with Gasteiger partial charge in [-0.25, -0.2) is 0 Å². The molecular formula is C18H18ClNO2S. The van der Waals surface area contributed by atoms with Crippen molar-refractivity contribution < 1.29 is 9.21 Å². The van der Waals surface area contributed by atoms with Crippen LogP contribution >= 0.6 is 23.4 Å². The van der Waals surface area contributed by atoms with E-state index >= 15 is 0 Å². The SMILES string of the molecule is CCSCNC1=C(c2cccc(Cl)c2)C(=O)C(c2ccoc2)C1. The van der Waals surface area contributed by atoms with E-state index in [9.17, 15) is 4.79 Å². The maximum atomic E-state index is 13.0. The van der Waals surface area contributed by atoms with Crippen molar-refractivity contribution >= 4 is 34.7 Å². The van der Waals surface area contributed by atoms with E-state index in [0.29, 0.717) is 11.4 Å². The number of thioether (sulfide) groups is 1. The van der Waals surface area contributed by atoms with Crippen LogP contribution in [0.3, 0.4) is 0 Å². The lowest BCUT2D eigenvalue weighted by molar-refractivity contribution is -0.114. The first-order valence-corrected chi connectivity index (χ1v) is 9.11. The normalized spacial score (nSPS) is 17.8. The average Bonchev–Trinajstić information content (AvgIpc) is 3.15. The van der Waals surface area contributed by atoms with Crippen LogP contribution in [0.4, 0.5) is 0 Å². The highest BCUT2D eigenvalue weighted by atomic mass is 35.5. The number of carbonyl (C=O) groups is 1. The number of hydrogen-bond donors (Lipinski definition) is 1. The lowest BCUT2D eigenvalue weighted by atomic mass is 9.95. The zero-order valence-electron chi connectivity index (χ0n) is 12.8. The highest BCUT2D eigenvalue weighted by Gasteiger charge is 2.35. The number of allylic oxidation sites excluding steroid dienone is 2. The molecule has 120 valence electrons. The van der Waals surface area contributed by atoms with Gasteiger partial charge in [0.2, 0.25) is 0 Å². The fraction of sp³-hybridized carbons (Fsp3) is 0.278. The lowest BCUT2D eigenvalue weighted by Crippen LogP contribution is -2.12. The van der Waals surface area contributed by atoms with Gasteiger partial charge in [0.05, 0.1) is 24.3 Å². The zero-order chi connectivity index (χ0) is 16.2. The Balaban J connectivity index is 1.94. The zero-order valence-corrected chi connectivity index (χ0v) is 14.4. The van der Waals surface area contributed by atoms with Gasteiger partial charge in [-0.1, -0.05) is 30.7 Å². The lowest BCUT2D eigenvalue weighted by Gasteiger charge is -2.09. The van der Waals surface area contributed by atoms with E-state index in [-0.39, 0.29) is 11.7 Å². The summed E-state index contributed by atoms with van der Waals surface area (Å²) in [4.78, 5) is 13.0. The summed E-state index contributed by atoms with van der Waals surface area (Å²) in [6.07, 6.45) is 3.94. The molecule has 1 aliphatic rings. The molecule has 0 radical (unpaired) electrons. The third kappa shape index (κ3) is 3.48. The van der Waals surface area contributed by atoms with E-state index in [4.69, 9.17) is 16.0 Å². The minimum atomic E-state index is -0.183. The number of Topliss-reactive ketones (excluding diaryl/α,β-unsaturated/α-hetero) is 1. The second kappa shape index (κ2) is 7.28. The summed E-state index contributed by atoms with van der Waals surface area (Å²) in [7, 11) is 0. The minimum absolute atomic E-state index is 0.123. The fourth-order valence-corrected chi connectivity index (χ4v) is 3.50. The van der Waals surface area contributed by atoms with Crippen LogP contribution in [0, 0.1) is 0 Å². The number of carbonyl (C=O) groups excluding carboxylic acids is 1. The Labute approximate surface area is 145 Å². The summed E-state index contributed by atoms with van der Waals surface area (Å²) in [5.41, 5.74) is 3.53. The van der Waals surface area contributed by atoms with Gasteiger partial charge in [0.15, 0.2) is 5.78 Å². The number of rotatable bonds is 6. The molecule has 5 heteroatoms. The van der Waals surface area contributed by atoms with Crippen LogP contribution in [0.5, 0.6) is 0 Å². The van der Waals surface area contributed by atoms with Crippen molar-refractivity contribution in [3.63, 3.8) is 0 Å². The van der Waals surface area contributed by atoms with Crippen LogP contribution in [0.15, 0.2) is 53.0 Å². The molecule has 1 heterocycles. The number of furan rings is 1. The quantitative estimate of drug-likeness (QED) is 0.607. The monoisotopic (exact) mass is 347 g/mol. The van der Waals surface area contributed by atoms with Crippen LogP contribution < -0.4 is 5.32 Å². The fourth-order valence-electron chi connectivity index (χ4n) is 2.83. The van der Waals surface area contributed by atoms with Crippen molar-refractivity contribution in [2.45, 2.75) is 19.3 Å². The molecule has 3 rings (SSSR count). The maximum Gasteiger partial charge on any atom is 0.173 e. The number of hydrogen-bond acceptors (Lipinski definition) is 4. The Morgan fingerprint density at radius 2 is 2.26 bits per heavy atom. The summed E-state index contributed by atoms with van der Waals surface area (Å²) in [6.45, 7) is 2.12. The smallest absolute Gasteiger partial charge is 0.173 e. The van der Waals surface area contributed by atoms with Crippen molar-refractivity contribution in [2.75, 3.05) is 11.6 Å². The Hall–Kier alpha value is -1.65. The molecule has 2 aromatic rings. The Kier molecular flexibility index (Phi) is 5.13. The number of ketones is 1. The predicted octanol–water partition coefficient (Wildman–Crippen LogP) is 4.70. The van der Waals surface area contributed by atoms with Gasteiger partial charge >= 0.3 is 0 Å². The van der Waals surface area contributed by atoms with Crippen molar-refractivity contribution in [1.29, 1.82) is 0 Å². The topological polar surface area (TPSA) is 42.2 Å². The molecule has 0 saturated heterocycles. The third-order valence-electron chi connectivity index (χ3n) is 3.92. The second-order valence-electron chi connectivity index (χ2n) is 5.36. The average molecular weight is 348 g/mol. The van der Waals surface area contributed by atoms with Crippen LogP contribution in [0.1, 0.15) is 30.4 Å². The molecule has 3 nitrogen and oxygen atoms in total. The van der Waals surface area contributed by atoms with Gasteiger partial charge in [-0.3, -0.25) is 4.79 Å². The summed E-state index contributed by atoms with van der Waals surface area (Å²) in [6, 6.07) is 9.34. The summed E-state index contributed by atoms with van der Waals surface area (Å²) < 4.78 is 5.15. The van der Waals surface area contributed by atoms with E-state index in [1.54, 1.807) is 24.3 Å². The molecular weight excluding hydrogens is 330 g/mol. The van der Waals surface area contributed by atoms with Crippen LogP contribution in [0.25, 0.3) is 5.57 Å². The maximum absolute atomic E-state index is 13.0. The van der Waals surface area contributed by atoms with Crippen LogP contribution in [0.2, 0.25) is 5.02 Å². The van der Waals surface area contributed by atoms with E-state index < -0.39 is 0 Å². The largest absolute Gasteiger partial charge is 0.472 e. The molecule has 0 bridgehead atoms. The van der Waals surface area contributed by atoms with Gasteiger partial charge in [-0.05, 0) is 29.5 Å². The number of halogens is 1. The van der Waals surface area contributed by atoms with Crippen LogP contribution in [-0.2, 0) is 4.79 Å². The number of benzene rings is 1.